The molecule has 3 nitrogen and oxygen atoms in total. The van der Waals surface area contributed by atoms with Crippen LogP contribution in [0.1, 0.15) is 16.7 Å². The number of aromatic nitrogens is 3. The maximum Gasteiger partial charge on any atom is 0.163 e. The zero-order chi connectivity index (χ0) is 15.3. The minimum Gasteiger partial charge on any atom is -0.221 e. The molecule has 2 aromatic carbocycles. The molecule has 0 atom stereocenters. The maximum absolute atomic E-state index is 4.39. The van der Waals surface area contributed by atoms with Gasteiger partial charge in [-0.3, -0.25) is 0 Å². The van der Waals surface area contributed by atoms with Crippen LogP contribution in [0.2, 0.25) is 0 Å². The molecule has 0 saturated carbocycles. The molecule has 0 saturated heterocycles. The zero-order valence-corrected chi connectivity index (χ0v) is 13.0. The van der Waals surface area contributed by atoms with Crippen molar-refractivity contribution in [1.29, 1.82) is 0 Å². The third kappa shape index (κ3) is 1.82. The Labute approximate surface area is 129 Å². The standard InChI is InChI=1S/C19H17N3/c1-12-9-13(2)18(14(3)10-12)16-5-4-6-17-15(16)7-8-22-19(17)20-11-21-22/h4-11H,1-3H3. The van der Waals surface area contributed by atoms with Crippen LogP contribution in [0.25, 0.3) is 27.5 Å². The van der Waals surface area contributed by atoms with Crippen LogP contribution in [0.3, 0.4) is 0 Å². The minimum atomic E-state index is 0.904. The molecule has 4 rings (SSSR count). The van der Waals surface area contributed by atoms with Crippen molar-refractivity contribution in [2.75, 3.05) is 0 Å². The molecule has 0 bridgehead atoms. The first-order chi connectivity index (χ1) is 10.6. The SMILES string of the molecule is Cc1cc(C)c(-c2cccc3c2ccn2ncnc32)c(C)c1. The largest absolute Gasteiger partial charge is 0.221 e. The molecule has 0 aliphatic heterocycles. The van der Waals surface area contributed by atoms with Crippen molar-refractivity contribution in [3.8, 4) is 11.1 Å². The third-order valence-corrected chi connectivity index (χ3v) is 4.25. The molecule has 0 unspecified atom stereocenters. The van der Waals surface area contributed by atoms with Gasteiger partial charge >= 0.3 is 0 Å². The number of pyridine rings is 1. The molecule has 2 aromatic heterocycles. The van der Waals surface area contributed by atoms with Crippen molar-refractivity contribution in [3.63, 3.8) is 0 Å². The van der Waals surface area contributed by atoms with Gasteiger partial charge in [0.1, 0.15) is 6.33 Å². The van der Waals surface area contributed by atoms with Crippen molar-refractivity contribution < 1.29 is 0 Å². The van der Waals surface area contributed by atoms with Gasteiger partial charge in [-0.15, -0.1) is 0 Å². The van der Waals surface area contributed by atoms with Crippen LogP contribution in [-0.2, 0) is 0 Å². The highest BCUT2D eigenvalue weighted by atomic mass is 15.3. The first-order valence-electron chi connectivity index (χ1n) is 7.44. The van der Waals surface area contributed by atoms with Gasteiger partial charge in [0, 0.05) is 11.6 Å². The Balaban J connectivity index is 2.12. The van der Waals surface area contributed by atoms with Crippen LogP contribution in [0, 0.1) is 20.8 Å². The lowest BCUT2D eigenvalue weighted by Crippen LogP contribution is -1.93. The fraction of sp³-hybridized carbons (Fsp3) is 0.158. The normalized spacial score (nSPS) is 11.4. The molecular formula is C19H17N3. The summed E-state index contributed by atoms with van der Waals surface area (Å²) in [6.45, 7) is 6.51. The van der Waals surface area contributed by atoms with Crippen molar-refractivity contribution in [3.05, 3.63) is 65.6 Å². The smallest absolute Gasteiger partial charge is 0.163 e. The van der Waals surface area contributed by atoms with Crippen molar-refractivity contribution in [2.45, 2.75) is 20.8 Å². The van der Waals surface area contributed by atoms with Crippen molar-refractivity contribution in [1.82, 2.24) is 14.6 Å². The van der Waals surface area contributed by atoms with E-state index in [1.165, 1.54) is 33.2 Å². The predicted molar refractivity (Wildman–Crippen MR) is 90.1 cm³/mol. The Bertz CT molecular complexity index is 989. The number of benzene rings is 2. The van der Waals surface area contributed by atoms with E-state index < -0.39 is 0 Å². The number of rotatable bonds is 1. The van der Waals surface area contributed by atoms with Crippen LogP contribution < -0.4 is 0 Å². The molecule has 0 N–H and O–H groups in total. The minimum absolute atomic E-state index is 0.904. The van der Waals surface area contributed by atoms with Crippen LogP contribution in [0.4, 0.5) is 0 Å². The molecule has 0 aliphatic carbocycles. The van der Waals surface area contributed by atoms with E-state index in [-0.39, 0.29) is 0 Å². The van der Waals surface area contributed by atoms with Crippen LogP contribution in [-0.4, -0.2) is 14.6 Å². The van der Waals surface area contributed by atoms with Gasteiger partial charge in [0.15, 0.2) is 5.65 Å². The quantitative estimate of drug-likeness (QED) is 0.517. The average Bonchev–Trinajstić information content (AvgIpc) is 2.95. The molecule has 2 heterocycles. The summed E-state index contributed by atoms with van der Waals surface area (Å²) in [7, 11) is 0. The van der Waals surface area contributed by atoms with E-state index in [1.807, 2.05) is 10.7 Å². The van der Waals surface area contributed by atoms with Gasteiger partial charge in [-0.05, 0) is 54.5 Å². The van der Waals surface area contributed by atoms with Gasteiger partial charge in [0.05, 0.1) is 0 Å². The highest BCUT2D eigenvalue weighted by Crippen LogP contribution is 2.34. The highest BCUT2D eigenvalue weighted by molar-refractivity contribution is 6.03. The van der Waals surface area contributed by atoms with Crippen LogP contribution in [0.15, 0.2) is 48.9 Å². The molecular weight excluding hydrogens is 270 g/mol. The summed E-state index contributed by atoms with van der Waals surface area (Å²) < 4.78 is 1.82. The van der Waals surface area contributed by atoms with Crippen LogP contribution >= 0.6 is 0 Å². The summed E-state index contributed by atoms with van der Waals surface area (Å²) in [6, 6.07) is 13.0. The molecule has 0 fully saturated rings. The lowest BCUT2D eigenvalue weighted by molar-refractivity contribution is 0.967. The van der Waals surface area contributed by atoms with Crippen molar-refractivity contribution in [2.24, 2.45) is 0 Å². The summed E-state index contributed by atoms with van der Waals surface area (Å²) in [5.74, 6) is 0. The second-order valence-corrected chi connectivity index (χ2v) is 5.88. The number of hydrogen-bond acceptors (Lipinski definition) is 2. The fourth-order valence-corrected chi connectivity index (χ4v) is 3.46. The number of hydrogen-bond donors (Lipinski definition) is 0. The van der Waals surface area contributed by atoms with Crippen molar-refractivity contribution >= 4 is 16.4 Å². The van der Waals surface area contributed by atoms with Gasteiger partial charge in [-0.25, -0.2) is 9.50 Å². The Kier molecular flexibility index (Phi) is 2.76. The molecule has 0 spiro atoms. The van der Waals surface area contributed by atoms with Crippen LogP contribution in [0.5, 0.6) is 0 Å². The van der Waals surface area contributed by atoms with Gasteiger partial charge in [0.2, 0.25) is 0 Å². The molecule has 22 heavy (non-hydrogen) atoms. The van der Waals surface area contributed by atoms with Gasteiger partial charge in [-0.2, -0.15) is 5.10 Å². The van der Waals surface area contributed by atoms with E-state index in [0.29, 0.717) is 0 Å². The van der Waals surface area contributed by atoms with Gasteiger partial charge in [0.25, 0.3) is 0 Å². The maximum atomic E-state index is 4.39. The topological polar surface area (TPSA) is 30.2 Å². The Morgan fingerprint density at radius 1 is 0.909 bits per heavy atom. The molecule has 0 radical (unpaired) electrons. The zero-order valence-electron chi connectivity index (χ0n) is 13.0. The summed E-state index contributed by atoms with van der Waals surface area (Å²) in [5.41, 5.74) is 7.41. The first kappa shape index (κ1) is 13.0. The summed E-state index contributed by atoms with van der Waals surface area (Å²) in [5, 5.41) is 6.58. The van der Waals surface area contributed by atoms with E-state index in [4.69, 9.17) is 0 Å². The highest BCUT2D eigenvalue weighted by Gasteiger charge is 2.12. The van der Waals surface area contributed by atoms with Gasteiger partial charge in [-0.1, -0.05) is 35.9 Å². The van der Waals surface area contributed by atoms with E-state index >= 15 is 0 Å². The number of fused-ring (bicyclic) bond motifs is 3. The summed E-state index contributed by atoms with van der Waals surface area (Å²) in [4.78, 5) is 4.39. The molecule has 0 aliphatic rings. The molecule has 3 heteroatoms. The molecule has 108 valence electrons. The summed E-state index contributed by atoms with van der Waals surface area (Å²) >= 11 is 0. The Morgan fingerprint density at radius 3 is 2.45 bits per heavy atom. The Morgan fingerprint density at radius 2 is 1.68 bits per heavy atom. The third-order valence-electron chi connectivity index (χ3n) is 4.25. The summed E-state index contributed by atoms with van der Waals surface area (Å²) in [6.07, 6.45) is 3.58. The van der Waals surface area contributed by atoms with Gasteiger partial charge < -0.3 is 0 Å². The molecule has 4 aromatic rings. The van der Waals surface area contributed by atoms with E-state index in [0.717, 1.165) is 11.0 Å². The lowest BCUT2D eigenvalue weighted by atomic mass is 9.91. The first-order valence-corrected chi connectivity index (χ1v) is 7.44. The monoisotopic (exact) mass is 287 g/mol. The lowest BCUT2D eigenvalue weighted by Gasteiger charge is -2.14. The second-order valence-electron chi connectivity index (χ2n) is 5.88. The molecule has 0 amide bonds. The van der Waals surface area contributed by atoms with E-state index in [1.54, 1.807) is 6.33 Å². The predicted octanol–water partition coefficient (Wildman–Crippen LogP) is 4.47. The number of aryl methyl sites for hydroxylation is 3. The average molecular weight is 287 g/mol. The van der Waals surface area contributed by atoms with E-state index in [2.05, 4.69) is 67.3 Å². The van der Waals surface area contributed by atoms with E-state index in [9.17, 15) is 0 Å². The Hall–Kier alpha value is -2.68. The number of nitrogens with zero attached hydrogens (tertiary/aromatic N) is 3. The second kappa shape index (κ2) is 4.67. The fourth-order valence-electron chi connectivity index (χ4n) is 3.46.